The normalized spacial score (nSPS) is 25.7. The van der Waals surface area contributed by atoms with Crippen LogP contribution in [0.4, 0.5) is 4.39 Å². The second-order valence-corrected chi connectivity index (χ2v) is 7.94. The van der Waals surface area contributed by atoms with E-state index in [-0.39, 0.29) is 41.9 Å². The first kappa shape index (κ1) is 19.8. The standard InChI is InChI=1S/C22H26FN3O3/c1-3-10-24-21(28)19-16(12-27)18-11-26-17(20(19)25(18)2)9-8-15(22(26)29)13-4-6-14(23)7-5-13/h4-9,16,18-20,27H,3,10-12H2,1-2H3,(H,24,28)/t16-,18-,19+,20+/m0/s1. The van der Waals surface area contributed by atoms with Crippen molar-refractivity contribution >= 4 is 5.91 Å². The summed E-state index contributed by atoms with van der Waals surface area (Å²) in [6.07, 6.45) is 0.837. The number of amides is 1. The van der Waals surface area contributed by atoms with E-state index in [2.05, 4.69) is 10.2 Å². The van der Waals surface area contributed by atoms with Crippen LogP contribution in [0.3, 0.4) is 0 Å². The van der Waals surface area contributed by atoms with Crippen LogP contribution < -0.4 is 10.9 Å². The second kappa shape index (κ2) is 7.72. The summed E-state index contributed by atoms with van der Waals surface area (Å²) in [5, 5.41) is 13.0. The molecule has 3 heterocycles. The third kappa shape index (κ3) is 3.18. The Morgan fingerprint density at radius 1 is 1.24 bits per heavy atom. The fraction of sp³-hybridized carbons (Fsp3) is 0.455. The van der Waals surface area contributed by atoms with Crippen molar-refractivity contribution in [3.8, 4) is 11.1 Å². The lowest BCUT2D eigenvalue weighted by Crippen LogP contribution is -2.44. The molecule has 1 saturated heterocycles. The summed E-state index contributed by atoms with van der Waals surface area (Å²) in [6.45, 7) is 2.89. The molecule has 0 radical (unpaired) electrons. The Hall–Kier alpha value is -2.51. The van der Waals surface area contributed by atoms with Gasteiger partial charge in [-0.05, 0) is 43.3 Å². The Morgan fingerprint density at radius 3 is 2.62 bits per heavy atom. The zero-order valence-corrected chi connectivity index (χ0v) is 16.6. The fourth-order valence-corrected chi connectivity index (χ4v) is 4.91. The number of aliphatic hydroxyl groups is 1. The van der Waals surface area contributed by atoms with E-state index in [0.29, 0.717) is 24.2 Å². The van der Waals surface area contributed by atoms with Crippen LogP contribution in [0.15, 0.2) is 41.2 Å². The first-order valence-electron chi connectivity index (χ1n) is 10.1. The average Bonchev–Trinajstić information content (AvgIpc) is 2.90. The minimum Gasteiger partial charge on any atom is -0.396 e. The predicted octanol–water partition coefficient (Wildman–Crippen LogP) is 1.77. The summed E-state index contributed by atoms with van der Waals surface area (Å²) in [5.41, 5.74) is 1.80. The smallest absolute Gasteiger partial charge is 0.258 e. The molecule has 1 amide bonds. The van der Waals surface area contributed by atoms with Crippen molar-refractivity contribution in [2.24, 2.45) is 11.8 Å². The maximum absolute atomic E-state index is 13.3. The summed E-state index contributed by atoms with van der Waals surface area (Å²) in [4.78, 5) is 28.3. The molecule has 0 aliphatic carbocycles. The van der Waals surface area contributed by atoms with Gasteiger partial charge in [0.2, 0.25) is 5.91 Å². The Balaban J connectivity index is 1.78. The molecular formula is C22H26FN3O3. The van der Waals surface area contributed by atoms with Crippen LogP contribution in [0.2, 0.25) is 0 Å². The molecule has 4 rings (SSSR count). The Bertz CT molecular complexity index is 972. The SMILES string of the molecule is CCCNC(=O)[C@@H]1[C@@H](CO)[C@@H]2Cn3c(ccc(-c4ccc(F)cc4)c3=O)[C@H]1N2C. The number of likely N-dealkylation sites (N-methyl/N-ethyl adjacent to an activating group) is 1. The van der Waals surface area contributed by atoms with Gasteiger partial charge in [0.25, 0.3) is 5.56 Å². The van der Waals surface area contributed by atoms with Gasteiger partial charge < -0.3 is 15.0 Å². The first-order chi connectivity index (χ1) is 14.0. The van der Waals surface area contributed by atoms with E-state index in [0.717, 1.165) is 12.1 Å². The molecule has 2 aliphatic heterocycles. The molecule has 2 aliphatic rings. The second-order valence-electron chi connectivity index (χ2n) is 7.94. The van der Waals surface area contributed by atoms with Gasteiger partial charge in [-0.15, -0.1) is 0 Å². The van der Waals surface area contributed by atoms with Crippen molar-refractivity contribution in [2.45, 2.75) is 32.0 Å². The van der Waals surface area contributed by atoms with Gasteiger partial charge in [-0.25, -0.2) is 4.39 Å². The largest absolute Gasteiger partial charge is 0.396 e. The molecule has 6 nitrogen and oxygen atoms in total. The lowest BCUT2D eigenvalue weighted by molar-refractivity contribution is -0.127. The molecule has 1 aromatic heterocycles. The highest BCUT2D eigenvalue weighted by Crippen LogP contribution is 2.47. The van der Waals surface area contributed by atoms with Crippen molar-refractivity contribution in [1.82, 2.24) is 14.8 Å². The molecule has 0 saturated carbocycles. The zero-order chi connectivity index (χ0) is 20.7. The number of benzene rings is 1. The highest BCUT2D eigenvalue weighted by molar-refractivity contribution is 5.80. The highest BCUT2D eigenvalue weighted by Gasteiger charge is 2.54. The number of fused-ring (bicyclic) bond motifs is 4. The van der Waals surface area contributed by atoms with Crippen LogP contribution in [0.5, 0.6) is 0 Å². The number of carbonyl (C=O) groups is 1. The first-order valence-corrected chi connectivity index (χ1v) is 10.1. The Labute approximate surface area is 169 Å². The number of halogens is 1. The summed E-state index contributed by atoms with van der Waals surface area (Å²) in [5.74, 6) is -1.08. The van der Waals surface area contributed by atoms with Crippen molar-refractivity contribution in [1.29, 1.82) is 0 Å². The quantitative estimate of drug-likeness (QED) is 0.804. The average molecular weight is 399 g/mol. The van der Waals surface area contributed by atoms with Gasteiger partial charge in [0.1, 0.15) is 5.82 Å². The summed E-state index contributed by atoms with van der Waals surface area (Å²) in [6, 6.07) is 9.15. The van der Waals surface area contributed by atoms with Crippen LogP contribution >= 0.6 is 0 Å². The molecule has 4 atom stereocenters. The minimum atomic E-state index is -0.411. The Kier molecular flexibility index (Phi) is 5.27. The molecule has 0 spiro atoms. The van der Waals surface area contributed by atoms with Crippen molar-refractivity contribution in [2.75, 3.05) is 20.2 Å². The molecule has 2 bridgehead atoms. The van der Waals surface area contributed by atoms with Gasteiger partial charge in [0, 0.05) is 42.9 Å². The third-order valence-corrected chi connectivity index (χ3v) is 6.36. The highest BCUT2D eigenvalue weighted by atomic mass is 19.1. The van der Waals surface area contributed by atoms with E-state index in [9.17, 15) is 19.1 Å². The van der Waals surface area contributed by atoms with Crippen LogP contribution in [0.1, 0.15) is 25.1 Å². The molecule has 29 heavy (non-hydrogen) atoms. The molecule has 154 valence electrons. The number of rotatable bonds is 5. The number of aromatic nitrogens is 1. The number of nitrogens with one attached hydrogen (secondary N) is 1. The van der Waals surface area contributed by atoms with Crippen molar-refractivity contribution in [3.63, 3.8) is 0 Å². The maximum Gasteiger partial charge on any atom is 0.258 e. The summed E-state index contributed by atoms with van der Waals surface area (Å²) >= 11 is 0. The number of carbonyl (C=O) groups excluding carboxylic acids is 1. The van der Waals surface area contributed by atoms with E-state index in [1.807, 2.05) is 20.0 Å². The third-order valence-electron chi connectivity index (χ3n) is 6.36. The van der Waals surface area contributed by atoms with Crippen LogP contribution in [0.25, 0.3) is 11.1 Å². The minimum absolute atomic E-state index is 0.0752. The van der Waals surface area contributed by atoms with Gasteiger partial charge in [-0.3, -0.25) is 14.5 Å². The monoisotopic (exact) mass is 399 g/mol. The van der Waals surface area contributed by atoms with E-state index in [1.165, 1.54) is 12.1 Å². The number of aliphatic hydroxyl groups excluding tert-OH is 1. The molecule has 0 unspecified atom stereocenters. The van der Waals surface area contributed by atoms with Crippen LogP contribution in [-0.4, -0.2) is 46.7 Å². The Morgan fingerprint density at radius 2 is 1.97 bits per heavy atom. The van der Waals surface area contributed by atoms with Gasteiger partial charge in [0.05, 0.1) is 12.0 Å². The lowest BCUT2D eigenvalue weighted by Gasteiger charge is -2.35. The predicted molar refractivity (Wildman–Crippen MR) is 108 cm³/mol. The lowest BCUT2D eigenvalue weighted by atomic mass is 9.86. The van der Waals surface area contributed by atoms with Crippen molar-refractivity contribution < 1.29 is 14.3 Å². The maximum atomic E-state index is 13.3. The number of pyridine rings is 1. The van der Waals surface area contributed by atoms with E-state index < -0.39 is 5.92 Å². The topological polar surface area (TPSA) is 74.6 Å². The molecule has 7 heteroatoms. The van der Waals surface area contributed by atoms with Gasteiger partial charge in [-0.2, -0.15) is 0 Å². The van der Waals surface area contributed by atoms with Crippen LogP contribution in [0, 0.1) is 17.7 Å². The molecule has 2 N–H and O–H groups in total. The van der Waals surface area contributed by atoms with Gasteiger partial charge in [0.15, 0.2) is 0 Å². The van der Waals surface area contributed by atoms with Crippen LogP contribution in [-0.2, 0) is 11.3 Å². The summed E-state index contributed by atoms with van der Waals surface area (Å²) in [7, 11) is 1.95. The molecule has 2 aromatic rings. The van der Waals surface area contributed by atoms with E-state index in [4.69, 9.17) is 0 Å². The number of hydrogen-bond donors (Lipinski definition) is 2. The van der Waals surface area contributed by atoms with E-state index >= 15 is 0 Å². The zero-order valence-electron chi connectivity index (χ0n) is 16.6. The van der Waals surface area contributed by atoms with Gasteiger partial charge in [-0.1, -0.05) is 19.1 Å². The number of hydrogen-bond acceptors (Lipinski definition) is 4. The number of nitrogens with zero attached hydrogens (tertiary/aromatic N) is 2. The molecule has 1 aromatic carbocycles. The van der Waals surface area contributed by atoms with Crippen molar-refractivity contribution in [3.05, 3.63) is 58.3 Å². The van der Waals surface area contributed by atoms with E-state index in [1.54, 1.807) is 22.8 Å². The summed E-state index contributed by atoms with van der Waals surface area (Å²) < 4.78 is 15.0. The van der Waals surface area contributed by atoms with Gasteiger partial charge >= 0.3 is 0 Å². The fourth-order valence-electron chi connectivity index (χ4n) is 4.91. The molecular weight excluding hydrogens is 373 g/mol. The molecule has 1 fully saturated rings.